The number of methoxy groups -OCH3 is 1. The number of rotatable bonds is 7. The van der Waals surface area contributed by atoms with Crippen molar-refractivity contribution in [2.45, 2.75) is 0 Å². The van der Waals surface area contributed by atoms with Crippen LogP contribution in [0.2, 0.25) is 10.0 Å². The number of ether oxygens (including phenoxy) is 2. The van der Waals surface area contributed by atoms with E-state index < -0.39 is 5.91 Å². The molecule has 3 aromatic rings. The van der Waals surface area contributed by atoms with Crippen LogP contribution >= 0.6 is 50.9 Å². The minimum absolute atomic E-state index is 0.246. The van der Waals surface area contributed by atoms with Gasteiger partial charge < -0.3 is 20.1 Å². The summed E-state index contributed by atoms with van der Waals surface area (Å²) in [5.74, 6) is 0.0980. The summed E-state index contributed by atoms with van der Waals surface area (Å²) in [4.78, 5) is 29.7. The molecule has 0 unspecified atom stereocenters. The summed E-state index contributed by atoms with van der Waals surface area (Å²) in [6, 6.07) is 17.6. The highest BCUT2D eigenvalue weighted by atomic mass is 79.9. The monoisotopic (exact) mass is 605 g/mol. The molecule has 11 heteroatoms. The van der Waals surface area contributed by atoms with Gasteiger partial charge in [-0.25, -0.2) is 4.99 Å². The maximum Gasteiger partial charge on any atom is 0.264 e. The van der Waals surface area contributed by atoms with Gasteiger partial charge in [0.1, 0.15) is 0 Å². The number of hydrogen-bond acceptors (Lipinski definition) is 6. The molecule has 0 saturated carbocycles. The van der Waals surface area contributed by atoms with Crippen LogP contribution in [0.5, 0.6) is 11.5 Å². The fraction of sp³-hybridized carbons (Fsp3) is 0.0800. The highest BCUT2D eigenvalue weighted by Gasteiger charge is 2.24. The molecule has 2 N–H and O–H groups in total. The first-order valence-corrected chi connectivity index (χ1v) is 12.8. The largest absolute Gasteiger partial charge is 0.493 e. The molecule has 7 nitrogen and oxygen atoms in total. The predicted octanol–water partition coefficient (Wildman–Crippen LogP) is 6.67. The minimum Gasteiger partial charge on any atom is -0.493 e. The molecule has 0 spiro atoms. The topological polar surface area (TPSA) is 89.0 Å². The summed E-state index contributed by atoms with van der Waals surface area (Å²) >= 11 is 16.6. The summed E-state index contributed by atoms with van der Waals surface area (Å²) < 4.78 is 11.7. The first kappa shape index (κ1) is 26.1. The van der Waals surface area contributed by atoms with Crippen molar-refractivity contribution in [3.05, 3.63) is 85.7 Å². The Bertz CT molecular complexity index is 1380. The molecule has 0 aliphatic carbocycles. The molecule has 1 heterocycles. The van der Waals surface area contributed by atoms with E-state index in [4.69, 9.17) is 32.7 Å². The lowest BCUT2D eigenvalue weighted by Gasteiger charge is -2.14. The third kappa shape index (κ3) is 6.61. The maximum atomic E-state index is 12.4. The Labute approximate surface area is 230 Å². The fourth-order valence-electron chi connectivity index (χ4n) is 3.12. The van der Waals surface area contributed by atoms with Crippen LogP contribution in [0.1, 0.15) is 5.56 Å². The second kappa shape index (κ2) is 11.8. The Morgan fingerprint density at radius 1 is 1.14 bits per heavy atom. The normalized spacial score (nSPS) is 15.2. The molecule has 0 atom stereocenters. The number of aliphatic imine (C=N–C) groups is 1. The zero-order valence-electron chi connectivity index (χ0n) is 18.7. The third-order valence-corrected chi connectivity index (χ3v) is 6.98. The van der Waals surface area contributed by atoms with Crippen LogP contribution in [0.15, 0.2) is 75.0 Å². The average molecular weight is 607 g/mol. The highest BCUT2D eigenvalue weighted by Crippen LogP contribution is 2.38. The van der Waals surface area contributed by atoms with Gasteiger partial charge in [-0.2, -0.15) is 0 Å². The van der Waals surface area contributed by atoms with Crippen LogP contribution in [0.25, 0.3) is 6.08 Å². The van der Waals surface area contributed by atoms with Gasteiger partial charge in [0.05, 0.1) is 32.2 Å². The van der Waals surface area contributed by atoms with Crippen molar-refractivity contribution in [2.24, 2.45) is 4.99 Å². The molecule has 1 aliphatic heterocycles. The van der Waals surface area contributed by atoms with E-state index in [0.717, 1.165) is 5.69 Å². The number of carbonyl (C=O) groups is 2. The molecule has 2 amide bonds. The van der Waals surface area contributed by atoms with Crippen molar-refractivity contribution in [3.8, 4) is 11.5 Å². The van der Waals surface area contributed by atoms with Gasteiger partial charge in [0.15, 0.2) is 23.3 Å². The summed E-state index contributed by atoms with van der Waals surface area (Å²) in [7, 11) is 1.49. The Hall–Kier alpha value is -2.98. The number of halogens is 3. The van der Waals surface area contributed by atoms with Crippen LogP contribution < -0.4 is 20.1 Å². The van der Waals surface area contributed by atoms with Gasteiger partial charge in [-0.15, -0.1) is 0 Å². The van der Waals surface area contributed by atoms with Crippen LogP contribution in [0, 0.1) is 0 Å². The van der Waals surface area contributed by atoms with Crippen LogP contribution in [0.3, 0.4) is 0 Å². The second-order valence-corrected chi connectivity index (χ2v) is 10.0. The SMILES string of the molecule is COc1cc(/C=C2/SC(=Nc3ccccc3)NC2=O)cc(Br)c1OCC(=O)Nc1ccc(Cl)c(Cl)c1. The van der Waals surface area contributed by atoms with E-state index in [1.807, 2.05) is 30.3 Å². The smallest absolute Gasteiger partial charge is 0.264 e. The molecule has 184 valence electrons. The maximum absolute atomic E-state index is 12.4. The number of anilines is 1. The van der Waals surface area contributed by atoms with Gasteiger partial charge in [0.2, 0.25) is 0 Å². The molecule has 36 heavy (non-hydrogen) atoms. The summed E-state index contributed by atoms with van der Waals surface area (Å²) in [6.45, 7) is -0.271. The fourth-order valence-corrected chi connectivity index (χ4v) is 4.84. The van der Waals surface area contributed by atoms with Gasteiger partial charge in [0.25, 0.3) is 11.8 Å². The van der Waals surface area contributed by atoms with Crippen LogP contribution in [0.4, 0.5) is 11.4 Å². The number of hydrogen-bond donors (Lipinski definition) is 2. The van der Waals surface area contributed by atoms with Crippen molar-refractivity contribution in [1.29, 1.82) is 0 Å². The van der Waals surface area contributed by atoms with Gasteiger partial charge in [-0.05, 0) is 81.8 Å². The number of nitrogens with one attached hydrogen (secondary N) is 2. The van der Waals surface area contributed by atoms with Crippen molar-refractivity contribution in [1.82, 2.24) is 5.32 Å². The minimum atomic E-state index is -0.391. The Balaban J connectivity index is 1.46. The van der Waals surface area contributed by atoms with Gasteiger partial charge in [-0.3, -0.25) is 9.59 Å². The molecule has 3 aromatic carbocycles. The van der Waals surface area contributed by atoms with E-state index in [-0.39, 0.29) is 12.5 Å². The number of carbonyl (C=O) groups excluding carboxylic acids is 2. The molecule has 4 rings (SSSR count). The second-order valence-electron chi connectivity index (χ2n) is 7.32. The van der Waals surface area contributed by atoms with Crippen molar-refractivity contribution in [2.75, 3.05) is 19.0 Å². The molecule has 0 bridgehead atoms. The van der Waals surface area contributed by atoms with Gasteiger partial charge >= 0.3 is 0 Å². The number of thioether (sulfide) groups is 1. The molecule has 0 aromatic heterocycles. The van der Waals surface area contributed by atoms with E-state index in [1.165, 1.54) is 18.9 Å². The first-order chi connectivity index (χ1) is 17.3. The van der Waals surface area contributed by atoms with Crippen LogP contribution in [-0.2, 0) is 9.59 Å². The van der Waals surface area contributed by atoms with E-state index in [9.17, 15) is 9.59 Å². The van der Waals surface area contributed by atoms with Gasteiger partial charge in [-0.1, -0.05) is 41.4 Å². The zero-order chi connectivity index (χ0) is 25.7. The molecular weight excluding hydrogens is 589 g/mol. The van der Waals surface area contributed by atoms with Crippen molar-refractivity contribution < 1.29 is 19.1 Å². The molecule has 1 saturated heterocycles. The molecular formula is C25H18BrCl2N3O4S. The van der Waals surface area contributed by atoms with E-state index in [1.54, 1.807) is 36.4 Å². The van der Waals surface area contributed by atoms with Crippen LogP contribution in [-0.4, -0.2) is 30.7 Å². The lowest BCUT2D eigenvalue weighted by molar-refractivity contribution is -0.118. The standard InChI is InChI=1S/C25H18BrCl2N3O4S/c1-34-20-10-14(11-21-24(33)31-25(36-21)30-15-5-3-2-4-6-15)9-17(26)23(20)35-13-22(32)29-16-7-8-18(27)19(28)12-16/h2-12H,13H2,1H3,(H,29,32)(H,30,31,33)/b21-11+. The predicted molar refractivity (Wildman–Crippen MR) is 149 cm³/mol. The zero-order valence-corrected chi connectivity index (χ0v) is 22.6. The Kier molecular flexibility index (Phi) is 8.58. The summed E-state index contributed by atoms with van der Waals surface area (Å²) in [5, 5.41) is 6.68. The lowest BCUT2D eigenvalue weighted by Crippen LogP contribution is -2.20. The summed E-state index contributed by atoms with van der Waals surface area (Å²) in [6.07, 6.45) is 1.72. The number of para-hydroxylation sites is 1. The number of amides is 2. The van der Waals surface area contributed by atoms with E-state index >= 15 is 0 Å². The van der Waals surface area contributed by atoms with E-state index in [2.05, 4.69) is 31.6 Å². The van der Waals surface area contributed by atoms with Crippen molar-refractivity contribution >= 4 is 85.3 Å². The molecule has 0 radical (unpaired) electrons. The first-order valence-electron chi connectivity index (χ1n) is 10.4. The Morgan fingerprint density at radius 2 is 1.92 bits per heavy atom. The summed E-state index contributed by atoms with van der Waals surface area (Å²) in [5.41, 5.74) is 1.94. The third-order valence-electron chi connectivity index (χ3n) is 4.74. The average Bonchev–Trinajstić information content (AvgIpc) is 3.19. The number of benzene rings is 3. The molecule has 1 aliphatic rings. The van der Waals surface area contributed by atoms with E-state index in [0.29, 0.717) is 47.3 Å². The Morgan fingerprint density at radius 3 is 2.64 bits per heavy atom. The highest BCUT2D eigenvalue weighted by molar-refractivity contribution is 9.10. The lowest BCUT2D eigenvalue weighted by atomic mass is 10.2. The number of amidine groups is 1. The van der Waals surface area contributed by atoms with Gasteiger partial charge in [0, 0.05) is 5.69 Å². The molecule has 1 fully saturated rings. The van der Waals surface area contributed by atoms with Crippen molar-refractivity contribution in [3.63, 3.8) is 0 Å². The number of nitrogens with zero attached hydrogens (tertiary/aromatic N) is 1. The quantitative estimate of drug-likeness (QED) is 0.293.